The van der Waals surface area contributed by atoms with Gasteiger partial charge in [0.25, 0.3) is 11.5 Å². The summed E-state index contributed by atoms with van der Waals surface area (Å²) in [6.07, 6.45) is 2.13. The fourth-order valence-corrected chi connectivity index (χ4v) is 1.64. The smallest absolute Gasteiger partial charge is 0.323 e. The molecule has 0 bridgehead atoms. The van der Waals surface area contributed by atoms with Crippen LogP contribution in [0.2, 0.25) is 0 Å². The van der Waals surface area contributed by atoms with Gasteiger partial charge in [-0.2, -0.15) is 0 Å². The molecule has 1 aromatic rings. The molecule has 1 N–H and O–H groups in total. The minimum atomic E-state index is -1.07. The SMILES string of the molecule is CCC(C)N(CC(=O)O)C(=O)c1ccn(C)c(=O)c1. The number of aryl methyl sites for hydroxylation is 1. The minimum Gasteiger partial charge on any atom is -0.480 e. The molecule has 1 unspecified atom stereocenters. The van der Waals surface area contributed by atoms with Gasteiger partial charge in [0, 0.05) is 30.9 Å². The van der Waals surface area contributed by atoms with Crippen molar-refractivity contribution in [3.63, 3.8) is 0 Å². The number of hydrogen-bond acceptors (Lipinski definition) is 3. The van der Waals surface area contributed by atoms with Crippen molar-refractivity contribution in [2.75, 3.05) is 6.54 Å². The molecule has 0 aromatic carbocycles. The van der Waals surface area contributed by atoms with E-state index in [2.05, 4.69) is 0 Å². The van der Waals surface area contributed by atoms with Gasteiger partial charge < -0.3 is 14.6 Å². The summed E-state index contributed by atoms with van der Waals surface area (Å²) in [6, 6.07) is 2.54. The van der Waals surface area contributed by atoms with E-state index in [1.54, 1.807) is 14.0 Å². The molecule has 0 aliphatic heterocycles. The van der Waals surface area contributed by atoms with Crippen LogP contribution in [0, 0.1) is 0 Å². The van der Waals surface area contributed by atoms with Crippen LogP contribution in [0.5, 0.6) is 0 Å². The van der Waals surface area contributed by atoms with Gasteiger partial charge in [-0.1, -0.05) is 6.92 Å². The number of carbonyl (C=O) groups is 2. The number of carbonyl (C=O) groups excluding carboxylic acids is 1. The van der Waals surface area contributed by atoms with E-state index in [1.165, 1.54) is 27.8 Å². The molecule has 0 saturated carbocycles. The predicted molar refractivity (Wildman–Crippen MR) is 70.1 cm³/mol. The van der Waals surface area contributed by atoms with Crippen LogP contribution in [0.1, 0.15) is 30.6 Å². The predicted octanol–water partition coefficient (Wildman–Crippen LogP) is 0.711. The average molecular weight is 266 g/mol. The second kappa shape index (κ2) is 6.17. The van der Waals surface area contributed by atoms with Crippen LogP contribution >= 0.6 is 0 Å². The van der Waals surface area contributed by atoms with Gasteiger partial charge in [-0.05, 0) is 19.4 Å². The number of carboxylic acids is 1. The lowest BCUT2D eigenvalue weighted by Gasteiger charge is -2.26. The fourth-order valence-electron chi connectivity index (χ4n) is 1.64. The molecular weight excluding hydrogens is 248 g/mol. The van der Waals surface area contributed by atoms with E-state index < -0.39 is 11.9 Å². The average Bonchev–Trinajstić information content (AvgIpc) is 2.37. The normalized spacial score (nSPS) is 11.9. The molecule has 1 aromatic heterocycles. The first-order chi connectivity index (χ1) is 8.86. The number of aliphatic carboxylic acids is 1. The number of hydrogen-bond donors (Lipinski definition) is 1. The van der Waals surface area contributed by atoms with Crippen LogP contribution in [0.25, 0.3) is 0 Å². The monoisotopic (exact) mass is 266 g/mol. The van der Waals surface area contributed by atoms with Gasteiger partial charge in [-0.25, -0.2) is 0 Å². The first-order valence-electron chi connectivity index (χ1n) is 6.06. The summed E-state index contributed by atoms with van der Waals surface area (Å²) in [5.74, 6) is -1.51. The van der Waals surface area contributed by atoms with E-state index in [1.807, 2.05) is 6.92 Å². The van der Waals surface area contributed by atoms with Crippen LogP contribution in [0.3, 0.4) is 0 Å². The van der Waals surface area contributed by atoms with Crippen LogP contribution in [-0.4, -0.2) is 39.0 Å². The maximum atomic E-state index is 12.3. The fraction of sp³-hybridized carbons (Fsp3) is 0.462. The highest BCUT2D eigenvalue weighted by Gasteiger charge is 2.23. The molecule has 0 saturated heterocycles. The van der Waals surface area contributed by atoms with Gasteiger partial charge in [-0.3, -0.25) is 14.4 Å². The molecule has 6 nitrogen and oxygen atoms in total. The Morgan fingerprint density at radius 1 is 1.47 bits per heavy atom. The van der Waals surface area contributed by atoms with Gasteiger partial charge in [-0.15, -0.1) is 0 Å². The van der Waals surface area contributed by atoms with Crippen molar-refractivity contribution in [2.24, 2.45) is 7.05 Å². The lowest BCUT2D eigenvalue weighted by Crippen LogP contribution is -2.42. The van der Waals surface area contributed by atoms with Crippen LogP contribution in [0.4, 0.5) is 0 Å². The first-order valence-corrected chi connectivity index (χ1v) is 6.06. The number of pyridine rings is 1. The molecule has 1 atom stereocenters. The Morgan fingerprint density at radius 2 is 2.11 bits per heavy atom. The lowest BCUT2D eigenvalue weighted by atomic mass is 10.1. The van der Waals surface area contributed by atoms with Crippen molar-refractivity contribution in [1.29, 1.82) is 0 Å². The molecule has 1 amide bonds. The van der Waals surface area contributed by atoms with Gasteiger partial charge in [0.05, 0.1) is 0 Å². The van der Waals surface area contributed by atoms with E-state index in [0.29, 0.717) is 6.42 Å². The first kappa shape index (κ1) is 14.9. The molecule has 104 valence electrons. The van der Waals surface area contributed by atoms with Crippen molar-refractivity contribution in [3.05, 3.63) is 34.2 Å². The summed E-state index contributed by atoms with van der Waals surface area (Å²) < 4.78 is 1.35. The van der Waals surface area contributed by atoms with Crippen LogP contribution in [0.15, 0.2) is 23.1 Å². The molecule has 0 aliphatic carbocycles. The third-order valence-electron chi connectivity index (χ3n) is 3.04. The molecular formula is C13H18N2O4. The van der Waals surface area contributed by atoms with Crippen LogP contribution < -0.4 is 5.56 Å². The largest absolute Gasteiger partial charge is 0.480 e. The molecule has 1 heterocycles. The Hall–Kier alpha value is -2.11. The highest BCUT2D eigenvalue weighted by Crippen LogP contribution is 2.09. The van der Waals surface area contributed by atoms with Crippen molar-refractivity contribution in [3.8, 4) is 0 Å². The Bertz CT molecular complexity index is 536. The third kappa shape index (κ3) is 3.67. The second-order valence-corrected chi connectivity index (χ2v) is 4.45. The summed E-state index contributed by atoms with van der Waals surface area (Å²) in [4.78, 5) is 35.9. The van der Waals surface area contributed by atoms with Gasteiger partial charge in [0.2, 0.25) is 0 Å². The number of nitrogens with zero attached hydrogens (tertiary/aromatic N) is 2. The highest BCUT2D eigenvalue weighted by atomic mass is 16.4. The zero-order chi connectivity index (χ0) is 14.6. The van der Waals surface area contributed by atoms with Gasteiger partial charge >= 0.3 is 5.97 Å². The Kier molecular flexibility index (Phi) is 4.86. The highest BCUT2D eigenvalue weighted by molar-refractivity contribution is 5.95. The quantitative estimate of drug-likeness (QED) is 0.851. The standard InChI is InChI=1S/C13H18N2O4/c1-4-9(2)15(8-12(17)18)13(19)10-5-6-14(3)11(16)7-10/h5-7,9H,4,8H2,1-3H3,(H,17,18). The van der Waals surface area contributed by atoms with Crippen molar-refractivity contribution >= 4 is 11.9 Å². The van der Waals surface area contributed by atoms with E-state index in [-0.39, 0.29) is 23.7 Å². The van der Waals surface area contributed by atoms with E-state index >= 15 is 0 Å². The molecule has 0 fully saturated rings. The molecule has 6 heteroatoms. The molecule has 0 aliphatic rings. The molecule has 1 rings (SSSR count). The van der Waals surface area contributed by atoms with E-state index in [0.717, 1.165) is 0 Å². The maximum Gasteiger partial charge on any atom is 0.323 e. The maximum absolute atomic E-state index is 12.3. The van der Waals surface area contributed by atoms with Gasteiger partial charge in [0.15, 0.2) is 0 Å². The topological polar surface area (TPSA) is 79.6 Å². The second-order valence-electron chi connectivity index (χ2n) is 4.45. The number of aromatic nitrogens is 1. The molecule has 0 radical (unpaired) electrons. The Labute approximate surface area is 111 Å². The number of amides is 1. The van der Waals surface area contributed by atoms with Crippen LogP contribution in [-0.2, 0) is 11.8 Å². The minimum absolute atomic E-state index is 0.201. The summed E-state index contributed by atoms with van der Waals surface area (Å²) in [5.41, 5.74) is -0.0880. The van der Waals surface area contributed by atoms with E-state index in [9.17, 15) is 14.4 Å². The van der Waals surface area contributed by atoms with Crippen molar-refractivity contribution < 1.29 is 14.7 Å². The third-order valence-corrected chi connectivity index (χ3v) is 3.04. The zero-order valence-electron chi connectivity index (χ0n) is 11.3. The van der Waals surface area contributed by atoms with Crippen molar-refractivity contribution in [1.82, 2.24) is 9.47 Å². The summed E-state index contributed by atoms with van der Waals surface area (Å²) in [5, 5.41) is 8.86. The zero-order valence-corrected chi connectivity index (χ0v) is 11.3. The van der Waals surface area contributed by atoms with E-state index in [4.69, 9.17) is 5.11 Å². The van der Waals surface area contributed by atoms with Crippen molar-refractivity contribution in [2.45, 2.75) is 26.3 Å². The summed E-state index contributed by atoms with van der Waals surface area (Å²) in [7, 11) is 1.58. The summed E-state index contributed by atoms with van der Waals surface area (Å²) in [6.45, 7) is 3.28. The number of rotatable bonds is 5. The Balaban J connectivity index is 3.07. The number of carboxylic acid groups (broad SMARTS) is 1. The molecule has 0 spiro atoms. The lowest BCUT2D eigenvalue weighted by molar-refractivity contribution is -0.138. The molecule has 19 heavy (non-hydrogen) atoms. The Morgan fingerprint density at radius 3 is 2.58 bits per heavy atom. The van der Waals surface area contributed by atoms with Gasteiger partial charge in [0.1, 0.15) is 6.54 Å². The summed E-state index contributed by atoms with van der Waals surface area (Å²) >= 11 is 0.